The van der Waals surface area contributed by atoms with Gasteiger partial charge in [0.15, 0.2) is 0 Å². The number of carbonyl (C=O) groups excluding carboxylic acids is 1. The molecular formula is C16H17BrN2O3S. The number of benzene rings is 2. The summed E-state index contributed by atoms with van der Waals surface area (Å²) in [6, 6.07) is 9.72. The third-order valence-corrected chi connectivity index (χ3v) is 5.74. The summed E-state index contributed by atoms with van der Waals surface area (Å²) in [7, 11) is -2.20. The van der Waals surface area contributed by atoms with Crippen molar-refractivity contribution in [2.75, 3.05) is 11.8 Å². The highest BCUT2D eigenvalue weighted by molar-refractivity contribution is 9.10. The highest BCUT2D eigenvalue weighted by Gasteiger charge is 2.18. The Morgan fingerprint density at radius 1 is 1.13 bits per heavy atom. The first-order valence-corrected chi connectivity index (χ1v) is 9.14. The molecule has 23 heavy (non-hydrogen) atoms. The zero-order valence-corrected chi connectivity index (χ0v) is 15.4. The van der Waals surface area contributed by atoms with Crippen LogP contribution >= 0.6 is 15.9 Å². The Kier molecular flexibility index (Phi) is 5.11. The van der Waals surface area contributed by atoms with Crippen LogP contribution in [-0.2, 0) is 10.0 Å². The minimum absolute atomic E-state index is 0.169. The molecule has 0 spiro atoms. The van der Waals surface area contributed by atoms with Crippen LogP contribution in [0.3, 0.4) is 0 Å². The molecule has 0 aromatic heterocycles. The molecule has 0 saturated carbocycles. The van der Waals surface area contributed by atoms with E-state index in [0.717, 1.165) is 10.0 Å². The van der Waals surface area contributed by atoms with Gasteiger partial charge >= 0.3 is 0 Å². The molecule has 2 N–H and O–H groups in total. The molecule has 0 fully saturated rings. The topological polar surface area (TPSA) is 75.3 Å². The van der Waals surface area contributed by atoms with Gasteiger partial charge < -0.3 is 5.32 Å². The number of carbonyl (C=O) groups is 1. The van der Waals surface area contributed by atoms with Gasteiger partial charge in [-0.3, -0.25) is 9.52 Å². The molecule has 0 bridgehead atoms. The Labute approximate surface area is 144 Å². The van der Waals surface area contributed by atoms with E-state index in [1.165, 1.54) is 13.1 Å². The van der Waals surface area contributed by atoms with Gasteiger partial charge in [-0.05, 0) is 55.3 Å². The first-order valence-electron chi connectivity index (χ1n) is 6.87. The predicted octanol–water partition coefficient (Wildman–Crippen LogP) is 3.23. The fraction of sp³-hybridized carbons (Fsp3) is 0.188. The van der Waals surface area contributed by atoms with E-state index in [2.05, 4.69) is 26.0 Å². The molecule has 2 aromatic rings. The summed E-state index contributed by atoms with van der Waals surface area (Å²) < 4.78 is 28.5. The van der Waals surface area contributed by atoms with Crippen molar-refractivity contribution in [3.63, 3.8) is 0 Å². The van der Waals surface area contributed by atoms with E-state index < -0.39 is 10.0 Å². The van der Waals surface area contributed by atoms with Gasteiger partial charge in [0.2, 0.25) is 0 Å². The molecule has 0 aliphatic carbocycles. The highest BCUT2D eigenvalue weighted by atomic mass is 79.9. The van der Waals surface area contributed by atoms with Crippen molar-refractivity contribution >= 4 is 37.5 Å². The fourth-order valence-corrected chi connectivity index (χ4v) is 3.57. The lowest BCUT2D eigenvalue weighted by molar-refractivity contribution is 0.0962. The second kappa shape index (κ2) is 6.72. The monoisotopic (exact) mass is 396 g/mol. The van der Waals surface area contributed by atoms with Crippen LogP contribution in [0.15, 0.2) is 45.8 Å². The fourth-order valence-electron chi connectivity index (χ4n) is 2.11. The van der Waals surface area contributed by atoms with Crippen molar-refractivity contribution in [2.45, 2.75) is 18.7 Å². The van der Waals surface area contributed by atoms with E-state index in [9.17, 15) is 13.2 Å². The van der Waals surface area contributed by atoms with Gasteiger partial charge in [0.25, 0.3) is 15.9 Å². The molecule has 122 valence electrons. The van der Waals surface area contributed by atoms with Crippen molar-refractivity contribution in [3.05, 3.63) is 57.6 Å². The average Bonchev–Trinajstić information content (AvgIpc) is 2.51. The number of amides is 1. The zero-order chi connectivity index (χ0) is 17.2. The molecular weight excluding hydrogens is 380 g/mol. The second-order valence-electron chi connectivity index (χ2n) is 5.07. The molecule has 0 saturated heterocycles. The molecule has 0 heterocycles. The van der Waals surface area contributed by atoms with E-state index in [4.69, 9.17) is 0 Å². The maximum Gasteiger partial charge on any atom is 0.261 e. The normalized spacial score (nSPS) is 11.1. The molecule has 0 radical (unpaired) electrons. The van der Waals surface area contributed by atoms with Crippen LogP contribution in [-0.4, -0.2) is 21.4 Å². The lowest BCUT2D eigenvalue weighted by Gasteiger charge is -2.13. The quantitative estimate of drug-likeness (QED) is 0.832. The van der Waals surface area contributed by atoms with Crippen LogP contribution in [0.25, 0.3) is 0 Å². The van der Waals surface area contributed by atoms with Gasteiger partial charge in [0, 0.05) is 17.1 Å². The maximum atomic E-state index is 12.5. The van der Waals surface area contributed by atoms with E-state index in [-0.39, 0.29) is 10.8 Å². The predicted molar refractivity (Wildman–Crippen MR) is 94.3 cm³/mol. The van der Waals surface area contributed by atoms with Gasteiger partial charge in [-0.1, -0.05) is 22.0 Å². The third-order valence-electron chi connectivity index (χ3n) is 3.49. The molecule has 7 heteroatoms. The average molecular weight is 397 g/mol. The summed E-state index contributed by atoms with van der Waals surface area (Å²) >= 11 is 3.35. The molecule has 0 aliphatic heterocycles. The standard InChI is InChI=1S/C16H17BrN2O3S/c1-10-9-12(7-8-14(10)17)23(21,22)19-15-6-4-5-13(11(15)2)16(20)18-3/h4-9,19H,1-3H3,(H,18,20). The first kappa shape index (κ1) is 17.5. The van der Waals surface area contributed by atoms with Crippen molar-refractivity contribution in [3.8, 4) is 0 Å². The van der Waals surface area contributed by atoms with Gasteiger partial charge in [0.1, 0.15) is 0 Å². The van der Waals surface area contributed by atoms with Crippen LogP contribution in [0.1, 0.15) is 21.5 Å². The van der Waals surface area contributed by atoms with Crippen molar-refractivity contribution < 1.29 is 13.2 Å². The number of aryl methyl sites for hydroxylation is 1. The smallest absolute Gasteiger partial charge is 0.261 e. The molecule has 1 amide bonds. The lowest BCUT2D eigenvalue weighted by Crippen LogP contribution is -2.20. The summed E-state index contributed by atoms with van der Waals surface area (Å²) in [4.78, 5) is 12.0. The highest BCUT2D eigenvalue weighted by Crippen LogP contribution is 2.25. The Morgan fingerprint density at radius 2 is 1.83 bits per heavy atom. The number of hydrogen-bond acceptors (Lipinski definition) is 3. The summed E-state index contributed by atoms with van der Waals surface area (Å²) in [5.74, 6) is -0.261. The van der Waals surface area contributed by atoms with E-state index in [1.807, 2.05) is 6.92 Å². The van der Waals surface area contributed by atoms with Crippen LogP contribution < -0.4 is 10.0 Å². The molecule has 5 nitrogen and oxygen atoms in total. The number of nitrogens with one attached hydrogen (secondary N) is 2. The second-order valence-corrected chi connectivity index (χ2v) is 7.61. The van der Waals surface area contributed by atoms with Crippen molar-refractivity contribution in [1.29, 1.82) is 0 Å². The zero-order valence-electron chi connectivity index (χ0n) is 13.0. The maximum absolute atomic E-state index is 12.5. The summed E-state index contributed by atoms with van der Waals surface area (Å²) in [6.07, 6.45) is 0. The van der Waals surface area contributed by atoms with Crippen LogP contribution in [0.2, 0.25) is 0 Å². The molecule has 0 unspecified atom stereocenters. The number of sulfonamides is 1. The Bertz CT molecular complexity index is 864. The van der Waals surface area contributed by atoms with Gasteiger partial charge in [-0.15, -0.1) is 0 Å². The Hall–Kier alpha value is -1.86. The molecule has 0 atom stereocenters. The third kappa shape index (κ3) is 3.73. The minimum atomic E-state index is -3.73. The Morgan fingerprint density at radius 3 is 2.43 bits per heavy atom. The minimum Gasteiger partial charge on any atom is -0.355 e. The van der Waals surface area contributed by atoms with Crippen molar-refractivity contribution in [2.24, 2.45) is 0 Å². The summed E-state index contributed by atoms with van der Waals surface area (Å²) in [5, 5.41) is 2.54. The molecule has 0 aliphatic rings. The largest absolute Gasteiger partial charge is 0.355 e. The van der Waals surface area contributed by atoms with E-state index in [1.54, 1.807) is 37.3 Å². The summed E-state index contributed by atoms with van der Waals surface area (Å²) in [5.41, 5.74) is 2.21. The number of anilines is 1. The van der Waals surface area contributed by atoms with Crippen molar-refractivity contribution in [1.82, 2.24) is 5.32 Å². The van der Waals surface area contributed by atoms with Gasteiger partial charge in [-0.2, -0.15) is 0 Å². The lowest BCUT2D eigenvalue weighted by atomic mass is 10.1. The van der Waals surface area contributed by atoms with E-state index in [0.29, 0.717) is 16.8 Å². The van der Waals surface area contributed by atoms with Crippen LogP contribution in [0.4, 0.5) is 5.69 Å². The number of hydrogen-bond donors (Lipinski definition) is 2. The van der Waals surface area contributed by atoms with Gasteiger partial charge in [-0.25, -0.2) is 8.42 Å². The van der Waals surface area contributed by atoms with Gasteiger partial charge in [0.05, 0.1) is 10.6 Å². The summed E-state index contributed by atoms with van der Waals surface area (Å²) in [6.45, 7) is 3.52. The molecule has 2 rings (SSSR count). The van der Waals surface area contributed by atoms with E-state index >= 15 is 0 Å². The van der Waals surface area contributed by atoms with Crippen LogP contribution in [0.5, 0.6) is 0 Å². The van der Waals surface area contributed by atoms with Crippen LogP contribution in [0, 0.1) is 13.8 Å². The molecule has 2 aromatic carbocycles. The first-order chi connectivity index (χ1) is 10.8. The number of rotatable bonds is 4. The Balaban J connectivity index is 2.41. The number of halogens is 1. The SMILES string of the molecule is CNC(=O)c1cccc(NS(=O)(=O)c2ccc(Br)c(C)c2)c1C.